The van der Waals surface area contributed by atoms with Crippen LogP contribution in [0.25, 0.3) is 21.5 Å². The smallest absolute Gasteiger partial charge is 0.127 e. The normalized spacial score (nSPS) is 11.0. The lowest BCUT2D eigenvalue weighted by Crippen LogP contribution is -1.96. The fourth-order valence-electron chi connectivity index (χ4n) is 2.39. The molecule has 0 saturated heterocycles. The van der Waals surface area contributed by atoms with Crippen LogP contribution in [-0.4, -0.2) is 6.61 Å². The second-order valence-electron chi connectivity index (χ2n) is 4.88. The molecule has 0 bridgehead atoms. The average Bonchev–Trinajstić information content (AvgIpc) is 2.46. The summed E-state index contributed by atoms with van der Waals surface area (Å²) in [6, 6.07) is 19.2. The van der Waals surface area contributed by atoms with Crippen LogP contribution in [0.5, 0.6) is 5.75 Å². The highest BCUT2D eigenvalue weighted by Crippen LogP contribution is 2.30. The van der Waals surface area contributed by atoms with Gasteiger partial charge in [-0.15, -0.1) is 0 Å². The number of fused-ring (bicyclic) bond motifs is 2. The molecule has 0 N–H and O–H groups in total. The van der Waals surface area contributed by atoms with E-state index in [1.165, 1.54) is 21.5 Å². The minimum atomic E-state index is 0.794. The first kappa shape index (κ1) is 12.0. The van der Waals surface area contributed by atoms with Crippen molar-refractivity contribution in [3.63, 3.8) is 0 Å². The Morgan fingerprint density at radius 1 is 0.842 bits per heavy atom. The minimum Gasteiger partial charge on any atom is -0.493 e. The van der Waals surface area contributed by atoms with Gasteiger partial charge in [0, 0.05) is 5.39 Å². The van der Waals surface area contributed by atoms with Crippen LogP contribution in [0.1, 0.15) is 19.8 Å². The number of hydrogen-bond donors (Lipinski definition) is 0. The van der Waals surface area contributed by atoms with E-state index in [-0.39, 0.29) is 0 Å². The third-order valence-corrected chi connectivity index (χ3v) is 3.46. The van der Waals surface area contributed by atoms with E-state index >= 15 is 0 Å². The average molecular weight is 250 g/mol. The summed E-state index contributed by atoms with van der Waals surface area (Å²) in [5, 5.41) is 4.99. The lowest BCUT2D eigenvalue weighted by atomic mass is 10.0. The van der Waals surface area contributed by atoms with Crippen LogP contribution >= 0.6 is 0 Å². The van der Waals surface area contributed by atoms with Crippen molar-refractivity contribution in [2.24, 2.45) is 0 Å². The van der Waals surface area contributed by atoms with Gasteiger partial charge >= 0.3 is 0 Å². The maximum absolute atomic E-state index is 5.91. The first-order valence-electron chi connectivity index (χ1n) is 6.93. The van der Waals surface area contributed by atoms with Crippen molar-refractivity contribution < 1.29 is 4.74 Å². The van der Waals surface area contributed by atoms with E-state index in [1.54, 1.807) is 0 Å². The van der Waals surface area contributed by atoms with Gasteiger partial charge in [0.2, 0.25) is 0 Å². The van der Waals surface area contributed by atoms with Crippen molar-refractivity contribution in [2.75, 3.05) is 6.61 Å². The highest BCUT2D eigenvalue weighted by Gasteiger charge is 2.03. The lowest BCUT2D eigenvalue weighted by Gasteiger charge is -2.10. The number of rotatable bonds is 4. The van der Waals surface area contributed by atoms with Crippen LogP contribution < -0.4 is 4.74 Å². The molecule has 3 rings (SSSR count). The third-order valence-electron chi connectivity index (χ3n) is 3.46. The SMILES string of the molecule is CCCCOc1cccc2cc3ccccc3cc12. The van der Waals surface area contributed by atoms with Gasteiger partial charge in [-0.2, -0.15) is 0 Å². The highest BCUT2D eigenvalue weighted by atomic mass is 16.5. The van der Waals surface area contributed by atoms with E-state index in [9.17, 15) is 0 Å². The molecule has 3 aromatic carbocycles. The third kappa shape index (κ3) is 2.41. The molecule has 0 heterocycles. The van der Waals surface area contributed by atoms with E-state index in [2.05, 4.69) is 61.5 Å². The zero-order valence-corrected chi connectivity index (χ0v) is 11.2. The summed E-state index contributed by atoms with van der Waals surface area (Å²) < 4.78 is 5.91. The summed E-state index contributed by atoms with van der Waals surface area (Å²) in [5.74, 6) is 0.997. The number of benzene rings is 3. The first-order chi connectivity index (χ1) is 9.38. The van der Waals surface area contributed by atoms with Crippen LogP contribution in [0, 0.1) is 0 Å². The molecule has 19 heavy (non-hydrogen) atoms. The van der Waals surface area contributed by atoms with Crippen molar-refractivity contribution in [1.29, 1.82) is 0 Å². The highest BCUT2D eigenvalue weighted by molar-refractivity contribution is 6.00. The molecule has 0 radical (unpaired) electrons. The van der Waals surface area contributed by atoms with Crippen LogP contribution in [0.3, 0.4) is 0 Å². The maximum atomic E-state index is 5.91. The van der Waals surface area contributed by atoms with Gasteiger partial charge in [0.1, 0.15) is 5.75 Å². The molecule has 96 valence electrons. The van der Waals surface area contributed by atoms with E-state index in [4.69, 9.17) is 4.74 Å². The number of hydrogen-bond acceptors (Lipinski definition) is 1. The Morgan fingerprint density at radius 2 is 1.58 bits per heavy atom. The molecule has 0 saturated carbocycles. The van der Waals surface area contributed by atoms with Crippen LogP contribution in [-0.2, 0) is 0 Å². The van der Waals surface area contributed by atoms with Gasteiger partial charge in [0.15, 0.2) is 0 Å². The maximum Gasteiger partial charge on any atom is 0.127 e. The largest absolute Gasteiger partial charge is 0.493 e. The molecule has 0 amide bonds. The Bertz CT molecular complexity index is 700. The van der Waals surface area contributed by atoms with Crippen molar-refractivity contribution >= 4 is 21.5 Å². The van der Waals surface area contributed by atoms with Crippen molar-refractivity contribution in [1.82, 2.24) is 0 Å². The number of ether oxygens (including phenoxy) is 1. The fourth-order valence-corrected chi connectivity index (χ4v) is 2.39. The molecule has 0 aliphatic rings. The minimum absolute atomic E-state index is 0.794. The molecule has 1 nitrogen and oxygen atoms in total. The second-order valence-corrected chi connectivity index (χ2v) is 4.88. The molecule has 0 aliphatic carbocycles. The molecule has 0 unspecified atom stereocenters. The van der Waals surface area contributed by atoms with E-state index in [1.807, 2.05) is 0 Å². The van der Waals surface area contributed by atoms with Gasteiger partial charge in [-0.1, -0.05) is 49.7 Å². The van der Waals surface area contributed by atoms with Crippen LogP contribution in [0.15, 0.2) is 54.6 Å². The Morgan fingerprint density at radius 3 is 2.37 bits per heavy atom. The van der Waals surface area contributed by atoms with E-state index in [0.29, 0.717) is 0 Å². The molecule has 0 spiro atoms. The van der Waals surface area contributed by atoms with E-state index < -0.39 is 0 Å². The Kier molecular flexibility index (Phi) is 3.37. The Hall–Kier alpha value is -2.02. The summed E-state index contributed by atoms with van der Waals surface area (Å²) in [7, 11) is 0. The van der Waals surface area contributed by atoms with Gasteiger partial charge < -0.3 is 4.74 Å². The van der Waals surface area contributed by atoms with Gasteiger partial charge in [-0.25, -0.2) is 0 Å². The molecular formula is C18H18O. The topological polar surface area (TPSA) is 9.23 Å². The summed E-state index contributed by atoms with van der Waals surface area (Å²) in [5.41, 5.74) is 0. The zero-order chi connectivity index (χ0) is 13.1. The molecule has 0 aliphatic heterocycles. The molecule has 0 atom stereocenters. The lowest BCUT2D eigenvalue weighted by molar-refractivity contribution is 0.313. The van der Waals surface area contributed by atoms with Crippen molar-refractivity contribution in [3.8, 4) is 5.75 Å². The predicted octanol–water partition coefficient (Wildman–Crippen LogP) is 5.17. The summed E-state index contributed by atoms with van der Waals surface area (Å²) in [4.78, 5) is 0. The summed E-state index contributed by atoms with van der Waals surface area (Å²) >= 11 is 0. The standard InChI is InChI=1S/C18H18O/c1-2-3-11-19-18-10-6-9-16-12-14-7-4-5-8-15(14)13-17(16)18/h4-10,12-13H,2-3,11H2,1H3. The summed E-state index contributed by atoms with van der Waals surface area (Å²) in [6.45, 7) is 2.97. The molecule has 3 aromatic rings. The van der Waals surface area contributed by atoms with E-state index in [0.717, 1.165) is 25.2 Å². The Labute approximate surface area is 113 Å². The zero-order valence-electron chi connectivity index (χ0n) is 11.2. The fraction of sp³-hybridized carbons (Fsp3) is 0.222. The Balaban J connectivity index is 2.09. The molecule has 1 heteroatoms. The van der Waals surface area contributed by atoms with Gasteiger partial charge in [0.25, 0.3) is 0 Å². The van der Waals surface area contributed by atoms with Crippen LogP contribution in [0.4, 0.5) is 0 Å². The molecule has 0 aromatic heterocycles. The van der Waals surface area contributed by atoms with Crippen LogP contribution in [0.2, 0.25) is 0 Å². The number of unbranched alkanes of at least 4 members (excludes halogenated alkanes) is 1. The molecular weight excluding hydrogens is 232 g/mol. The van der Waals surface area contributed by atoms with Gasteiger partial charge in [0.05, 0.1) is 6.61 Å². The quantitative estimate of drug-likeness (QED) is 0.458. The predicted molar refractivity (Wildman–Crippen MR) is 81.9 cm³/mol. The van der Waals surface area contributed by atoms with Gasteiger partial charge in [-0.05, 0) is 40.8 Å². The van der Waals surface area contributed by atoms with Crippen molar-refractivity contribution in [2.45, 2.75) is 19.8 Å². The monoisotopic (exact) mass is 250 g/mol. The van der Waals surface area contributed by atoms with Crippen molar-refractivity contribution in [3.05, 3.63) is 54.6 Å². The molecule has 0 fully saturated rings. The van der Waals surface area contributed by atoms with Gasteiger partial charge in [-0.3, -0.25) is 0 Å². The summed E-state index contributed by atoms with van der Waals surface area (Å²) in [6.07, 6.45) is 2.26. The second kappa shape index (κ2) is 5.31. The first-order valence-corrected chi connectivity index (χ1v) is 6.93.